The van der Waals surface area contributed by atoms with Crippen molar-refractivity contribution in [3.63, 3.8) is 0 Å². The number of hydrogen-bond acceptors (Lipinski definition) is 2. The molecule has 0 saturated heterocycles. The van der Waals surface area contributed by atoms with Crippen LogP contribution < -0.4 is 0 Å². The Balaban J connectivity index is 3.00. The highest BCUT2D eigenvalue weighted by atomic mass is 15.1. The number of hydrogen-bond donors (Lipinski definition) is 2. The lowest BCUT2D eigenvalue weighted by Gasteiger charge is -2.05. The standard InChI is InChI=1S/C10H15N3/c1-4-5-8-6-12-13-10(8)9(11)7(2)3/h4-7,11H,1-3H3,(H,12,13)/b5-4-,11-9?. The van der Waals surface area contributed by atoms with Crippen molar-refractivity contribution in [3.05, 3.63) is 23.5 Å². The molecule has 1 aromatic heterocycles. The zero-order valence-corrected chi connectivity index (χ0v) is 8.26. The van der Waals surface area contributed by atoms with Crippen molar-refractivity contribution >= 4 is 11.8 Å². The number of nitrogens with one attached hydrogen (secondary N) is 2. The summed E-state index contributed by atoms with van der Waals surface area (Å²) in [4.78, 5) is 0. The summed E-state index contributed by atoms with van der Waals surface area (Å²) in [7, 11) is 0. The van der Waals surface area contributed by atoms with Crippen LogP contribution in [0.1, 0.15) is 32.0 Å². The van der Waals surface area contributed by atoms with Gasteiger partial charge in [0.2, 0.25) is 0 Å². The van der Waals surface area contributed by atoms with Crippen molar-refractivity contribution in [1.29, 1.82) is 5.41 Å². The van der Waals surface area contributed by atoms with E-state index in [1.165, 1.54) is 0 Å². The van der Waals surface area contributed by atoms with Gasteiger partial charge in [-0.3, -0.25) is 5.10 Å². The molecule has 13 heavy (non-hydrogen) atoms. The molecule has 0 atom stereocenters. The van der Waals surface area contributed by atoms with Crippen molar-refractivity contribution in [2.24, 2.45) is 5.92 Å². The van der Waals surface area contributed by atoms with Crippen LogP contribution in [0.2, 0.25) is 0 Å². The molecule has 0 aromatic carbocycles. The number of aromatic nitrogens is 2. The third-order valence-electron chi connectivity index (χ3n) is 1.86. The Morgan fingerprint density at radius 2 is 2.31 bits per heavy atom. The second-order valence-electron chi connectivity index (χ2n) is 3.27. The maximum absolute atomic E-state index is 7.82. The Morgan fingerprint density at radius 1 is 1.62 bits per heavy atom. The molecule has 0 fully saturated rings. The highest BCUT2D eigenvalue weighted by Gasteiger charge is 2.10. The van der Waals surface area contributed by atoms with E-state index in [0.29, 0.717) is 5.71 Å². The van der Waals surface area contributed by atoms with E-state index in [0.717, 1.165) is 11.3 Å². The summed E-state index contributed by atoms with van der Waals surface area (Å²) < 4.78 is 0. The zero-order valence-electron chi connectivity index (χ0n) is 8.26. The summed E-state index contributed by atoms with van der Waals surface area (Å²) in [5.41, 5.74) is 2.42. The molecule has 0 spiro atoms. The van der Waals surface area contributed by atoms with Gasteiger partial charge in [0.1, 0.15) is 0 Å². The molecular formula is C10H15N3. The second-order valence-corrected chi connectivity index (χ2v) is 3.27. The van der Waals surface area contributed by atoms with E-state index in [2.05, 4.69) is 10.2 Å². The first-order valence-corrected chi connectivity index (χ1v) is 4.41. The minimum Gasteiger partial charge on any atom is -0.303 e. The largest absolute Gasteiger partial charge is 0.303 e. The van der Waals surface area contributed by atoms with E-state index in [4.69, 9.17) is 5.41 Å². The summed E-state index contributed by atoms with van der Waals surface area (Å²) in [5, 5.41) is 14.6. The summed E-state index contributed by atoms with van der Waals surface area (Å²) in [5.74, 6) is 0.226. The summed E-state index contributed by atoms with van der Waals surface area (Å²) >= 11 is 0. The van der Waals surface area contributed by atoms with Crippen LogP contribution in [0.25, 0.3) is 6.08 Å². The fraction of sp³-hybridized carbons (Fsp3) is 0.400. The minimum atomic E-state index is 0.226. The number of nitrogens with zero attached hydrogens (tertiary/aromatic N) is 1. The highest BCUT2D eigenvalue weighted by molar-refractivity contribution is 6.00. The van der Waals surface area contributed by atoms with E-state index in [9.17, 15) is 0 Å². The van der Waals surface area contributed by atoms with E-state index in [1.54, 1.807) is 6.20 Å². The van der Waals surface area contributed by atoms with Gasteiger partial charge in [0.05, 0.1) is 17.6 Å². The summed E-state index contributed by atoms with van der Waals surface area (Å²) in [6, 6.07) is 0. The maximum atomic E-state index is 7.82. The van der Waals surface area contributed by atoms with Gasteiger partial charge < -0.3 is 5.41 Å². The molecule has 70 valence electrons. The van der Waals surface area contributed by atoms with Crippen LogP contribution in [-0.2, 0) is 0 Å². The Kier molecular flexibility index (Phi) is 3.01. The monoisotopic (exact) mass is 177 g/mol. The normalized spacial score (nSPS) is 11.4. The molecule has 1 aromatic rings. The van der Waals surface area contributed by atoms with Crippen LogP contribution in [0.5, 0.6) is 0 Å². The molecule has 0 aliphatic rings. The number of H-pyrrole nitrogens is 1. The van der Waals surface area contributed by atoms with Crippen molar-refractivity contribution in [1.82, 2.24) is 10.2 Å². The van der Waals surface area contributed by atoms with Gasteiger partial charge in [0, 0.05) is 5.56 Å². The summed E-state index contributed by atoms with van der Waals surface area (Å²) in [6.45, 7) is 5.96. The fourth-order valence-corrected chi connectivity index (χ4v) is 1.11. The quantitative estimate of drug-likeness (QED) is 0.684. The van der Waals surface area contributed by atoms with E-state index in [1.807, 2.05) is 32.9 Å². The molecule has 2 N–H and O–H groups in total. The van der Waals surface area contributed by atoms with Crippen molar-refractivity contribution in [2.75, 3.05) is 0 Å². The van der Waals surface area contributed by atoms with Gasteiger partial charge in [-0.1, -0.05) is 26.0 Å². The molecule has 3 nitrogen and oxygen atoms in total. The van der Waals surface area contributed by atoms with Crippen LogP contribution in [0, 0.1) is 11.3 Å². The molecule has 0 unspecified atom stereocenters. The Labute approximate surface area is 78.4 Å². The van der Waals surface area contributed by atoms with Crippen LogP contribution in [-0.4, -0.2) is 15.9 Å². The van der Waals surface area contributed by atoms with Crippen molar-refractivity contribution in [3.8, 4) is 0 Å². The molecule has 0 amide bonds. The molecule has 0 saturated carbocycles. The maximum Gasteiger partial charge on any atom is 0.0860 e. The Morgan fingerprint density at radius 3 is 2.85 bits per heavy atom. The molecular weight excluding hydrogens is 162 g/mol. The topological polar surface area (TPSA) is 52.5 Å². The molecule has 0 radical (unpaired) electrons. The average molecular weight is 177 g/mol. The van der Waals surface area contributed by atoms with Crippen molar-refractivity contribution in [2.45, 2.75) is 20.8 Å². The minimum absolute atomic E-state index is 0.226. The molecule has 1 heterocycles. The number of allylic oxidation sites excluding steroid dienone is 1. The van der Waals surface area contributed by atoms with Crippen LogP contribution in [0.3, 0.4) is 0 Å². The van der Waals surface area contributed by atoms with Crippen LogP contribution >= 0.6 is 0 Å². The highest BCUT2D eigenvalue weighted by Crippen LogP contribution is 2.12. The van der Waals surface area contributed by atoms with E-state index < -0.39 is 0 Å². The predicted molar refractivity (Wildman–Crippen MR) is 55.0 cm³/mol. The van der Waals surface area contributed by atoms with E-state index in [-0.39, 0.29) is 5.92 Å². The van der Waals surface area contributed by atoms with Crippen LogP contribution in [0.15, 0.2) is 12.3 Å². The third-order valence-corrected chi connectivity index (χ3v) is 1.86. The van der Waals surface area contributed by atoms with Gasteiger partial charge in [0.25, 0.3) is 0 Å². The zero-order chi connectivity index (χ0) is 9.84. The Hall–Kier alpha value is -1.38. The van der Waals surface area contributed by atoms with Crippen LogP contribution in [0.4, 0.5) is 0 Å². The second kappa shape index (κ2) is 4.03. The predicted octanol–water partition coefficient (Wildman–Crippen LogP) is 2.47. The molecule has 0 aliphatic heterocycles. The Bertz CT molecular complexity index is 321. The molecule has 3 heteroatoms. The van der Waals surface area contributed by atoms with Gasteiger partial charge in [-0.05, 0) is 12.8 Å². The number of aromatic amines is 1. The van der Waals surface area contributed by atoms with Gasteiger partial charge in [-0.25, -0.2) is 0 Å². The lowest BCUT2D eigenvalue weighted by Crippen LogP contribution is -2.09. The third kappa shape index (κ3) is 2.05. The first-order chi connectivity index (χ1) is 6.16. The van der Waals surface area contributed by atoms with Gasteiger partial charge in [-0.15, -0.1) is 0 Å². The lowest BCUT2D eigenvalue weighted by atomic mass is 10.0. The lowest BCUT2D eigenvalue weighted by molar-refractivity contribution is 0.869. The summed E-state index contributed by atoms with van der Waals surface area (Å²) in [6.07, 6.45) is 5.64. The van der Waals surface area contributed by atoms with E-state index >= 15 is 0 Å². The van der Waals surface area contributed by atoms with Gasteiger partial charge in [-0.2, -0.15) is 5.10 Å². The molecule has 0 aliphatic carbocycles. The first kappa shape index (κ1) is 9.71. The van der Waals surface area contributed by atoms with Gasteiger partial charge in [0.15, 0.2) is 0 Å². The van der Waals surface area contributed by atoms with Crippen molar-refractivity contribution < 1.29 is 0 Å². The smallest absolute Gasteiger partial charge is 0.0860 e. The number of rotatable bonds is 3. The van der Waals surface area contributed by atoms with Gasteiger partial charge >= 0.3 is 0 Å². The average Bonchev–Trinajstić information content (AvgIpc) is 2.52. The SMILES string of the molecule is C/C=C\c1cn[nH]c1C(=N)C(C)C. The molecule has 1 rings (SSSR count). The molecule has 0 bridgehead atoms. The first-order valence-electron chi connectivity index (χ1n) is 4.41. The fourth-order valence-electron chi connectivity index (χ4n) is 1.11.